The fourth-order valence-electron chi connectivity index (χ4n) is 2.72. The van der Waals surface area contributed by atoms with Crippen LogP contribution in [0.2, 0.25) is 0 Å². The summed E-state index contributed by atoms with van der Waals surface area (Å²) in [6, 6.07) is 0. The molecule has 0 aromatic heterocycles. The summed E-state index contributed by atoms with van der Waals surface area (Å²) in [6.07, 6.45) is 8.78. The average molecular weight is 182 g/mol. The van der Waals surface area contributed by atoms with Gasteiger partial charge in [0, 0.05) is 0 Å². The van der Waals surface area contributed by atoms with Crippen molar-refractivity contribution >= 4 is 0 Å². The van der Waals surface area contributed by atoms with Crippen LogP contribution in [-0.4, -0.2) is 0 Å². The highest BCUT2D eigenvalue weighted by atomic mass is 14.5. The standard InChI is InChI=1S/C13H26/c1-5-12-9-13(6-2,10-12)8-7-11(3)4/h11-12H,5-10H2,1-4H3. The molecule has 0 atom stereocenters. The molecule has 0 heterocycles. The summed E-state index contributed by atoms with van der Waals surface area (Å²) in [5.41, 5.74) is 0.769. The van der Waals surface area contributed by atoms with E-state index in [-0.39, 0.29) is 0 Å². The van der Waals surface area contributed by atoms with Gasteiger partial charge < -0.3 is 0 Å². The van der Waals surface area contributed by atoms with Crippen LogP contribution >= 0.6 is 0 Å². The van der Waals surface area contributed by atoms with E-state index < -0.39 is 0 Å². The van der Waals surface area contributed by atoms with Gasteiger partial charge in [-0.2, -0.15) is 0 Å². The van der Waals surface area contributed by atoms with Crippen molar-refractivity contribution in [2.75, 3.05) is 0 Å². The zero-order chi connectivity index (χ0) is 9.90. The second-order valence-electron chi connectivity index (χ2n) is 5.47. The van der Waals surface area contributed by atoms with Crippen LogP contribution in [0.25, 0.3) is 0 Å². The first-order valence-corrected chi connectivity index (χ1v) is 6.12. The molecule has 0 N–H and O–H groups in total. The molecule has 0 nitrogen and oxygen atoms in total. The molecular formula is C13H26. The minimum absolute atomic E-state index is 0.769. The molecule has 1 saturated carbocycles. The highest BCUT2D eigenvalue weighted by molar-refractivity contribution is 4.92. The molecule has 0 saturated heterocycles. The van der Waals surface area contributed by atoms with Crippen LogP contribution in [0.1, 0.15) is 66.2 Å². The molecule has 0 heteroatoms. The van der Waals surface area contributed by atoms with Gasteiger partial charge in [-0.1, -0.05) is 47.0 Å². The molecular weight excluding hydrogens is 156 g/mol. The molecule has 1 aliphatic rings. The van der Waals surface area contributed by atoms with Crippen LogP contribution in [0.4, 0.5) is 0 Å². The van der Waals surface area contributed by atoms with Crippen LogP contribution in [0, 0.1) is 17.3 Å². The summed E-state index contributed by atoms with van der Waals surface area (Å²) >= 11 is 0. The Morgan fingerprint density at radius 1 is 1.23 bits per heavy atom. The molecule has 0 bridgehead atoms. The van der Waals surface area contributed by atoms with Crippen LogP contribution in [0.3, 0.4) is 0 Å². The minimum Gasteiger partial charge on any atom is -0.0651 e. The van der Waals surface area contributed by atoms with Crippen molar-refractivity contribution in [1.29, 1.82) is 0 Å². The molecule has 0 unspecified atom stereocenters. The van der Waals surface area contributed by atoms with Crippen LogP contribution in [0.15, 0.2) is 0 Å². The van der Waals surface area contributed by atoms with Gasteiger partial charge in [-0.25, -0.2) is 0 Å². The quantitative estimate of drug-likeness (QED) is 0.581. The van der Waals surface area contributed by atoms with Crippen molar-refractivity contribution in [3.8, 4) is 0 Å². The largest absolute Gasteiger partial charge is 0.0651 e. The first-order chi connectivity index (χ1) is 6.12. The lowest BCUT2D eigenvalue weighted by Crippen LogP contribution is -2.36. The molecule has 0 aliphatic heterocycles. The summed E-state index contributed by atoms with van der Waals surface area (Å²) < 4.78 is 0. The van der Waals surface area contributed by atoms with E-state index in [0.717, 1.165) is 17.3 Å². The molecule has 0 spiro atoms. The molecule has 0 aromatic rings. The van der Waals surface area contributed by atoms with Gasteiger partial charge in [-0.05, 0) is 36.5 Å². The molecule has 1 fully saturated rings. The van der Waals surface area contributed by atoms with Crippen LogP contribution in [0.5, 0.6) is 0 Å². The maximum absolute atomic E-state index is 2.38. The van der Waals surface area contributed by atoms with Gasteiger partial charge in [-0.3, -0.25) is 0 Å². The van der Waals surface area contributed by atoms with Crippen LogP contribution < -0.4 is 0 Å². The fourth-order valence-corrected chi connectivity index (χ4v) is 2.72. The molecule has 0 amide bonds. The molecule has 0 radical (unpaired) electrons. The number of hydrogen-bond acceptors (Lipinski definition) is 0. The van der Waals surface area contributed by atoms with Crippen molar-refractivity contribution < 1.29 is 0 Å². The van der Waals surface area contributed by atoms with E-state index in [0.29, 0.717) is 0 Å². The Bertz CT molecular complexity index is 140. The minimum atomic E-state index is 0.769. The third-order valence-electron chi connectivity index (χ3n) is 4.02. The summed E-state index contributed by atoms with van der Waals surface area (Å²) in [7, 11) is 0. The Labute approximate surface area is 84.1 Å². The van der Waals surface area contributed by atoms with Crippen molar-refractivity contribution in [2.45, 2.75) is 66.2 Å². The Hall–Kier alpha value is 0. The number of hydrogen-bond donors (Lipinski definition) is 0. The van der Waals surface area contributed by atoms with E-state index in [1.165, 1.54) is 38.5 Å². The molecule has 1 aliphatic carbocycles. The zero-order valence-corrected chi connectivity index (χ0v) is 9.90. The lowest BCUT2D eigenvalue weighted by Gasteiger charge is -2.48. The summed E-state index contributed by atoms with van der Waals surface area (Å²) in [4.78, 5) is 0. The van der Waals surface area contributed by atoms with Crippen LogP contribution in [-0.2, 0) is 0 Å². The van der Waals surface area contributed by atoms with Crippen molar-refractivity contribution in [3.05, 3.63) is 0 Å². The maximum atomic E-state index is 2.38. The van der Waals surface area contributed by atoms with E-state index in [2.05, 4.69) is 27.7 Å². The van der Waals surface area contributed by atoms with Gasteiger partial charge in [0.15, 0.2) is 0 Å². The fraction of sp³-hybridized carbons (Fsp3) is 1.00. The lowest BCUT2D eigenvalue weighted by molar-refractivity contribution is 0.0328. The van der Waals surface area contributed by atoms with Gasteiger partial charge in [0.2, 0.25) is 0 Å². The number of rotatable bonds is 5. The second kappa shape index (κ2) is 4.48. The average Bonchev–Trinajstić information content (AvgIpc) is 2.03. The zero-order valence-electron chi connectivity index (χ0n) is 9.90. The Morgan fingerprint density at radius 2 is 1.85 bits per heavy atom. The summed E-state index contributed by atoms with van der Waals surface area (Å²) in [5, 5.41) is 0. The Morgan fingerprint density at radius 3 is 2.23 bits per heavy atom. The molecule has 13 heavy (non-hydrogen) atoms. The molecule has 0 aromatic carbocycles. The first kappa shape index (κ1) is 11.1. The van der Waals surface area contributed by atoms with Crippen molar-refractivity contribution in [2.24, 2.45) is 17.3 Å². The van der Waals surface area contributed by atoms with Gasteiger partial charge in [0.05, 0.1) is 0 Å². The third-order valence-corrected chi connectivity index (χ3v) is 4.02. The maximum Gasteiger partial charge on any atom is -0.0295 e. The van der Waals surface area contributed by atoms with E-state index in [9.17, 15) is 0 Å². The van der Waals surface area contributed by atoms with Gasteiger partial charge in [-0.15, -0.1) is 0 Å². The highest BCUT2D eigenvalue weighted by Gasteiger charge is 2.40. The highest BCUT2D eigenvalue weighted by Crippen LogP contribution is 2.52. The van der Waals surface area contributed by atoms with Crippen molar-refractivity contribution in [1.82, 2.24) is 0 Å². The second-order valence-corrected chi connectivity index (χ2v) is 5.47. The van der Waals surface area contributed by atoms with E-state index in [1.54, 1.807) is 0 Å². The SMILES string of the molecule is CCC1CC(CC)(CCC(C)C)C1. The predicted octanol–water partition coefficient (Wildman–Crippen LogP) is 4.64. The molecule has 78 valence electrons. The molecule has 1 rings (SSSR count). The van der Waals surface area contributed by atoms with E-state index in [1.807, 2.05) is 0 Å². The topological polar surface area (TPSA) is 0 Å². The smallest absolute Gasteiger partial charge is 0.0295 e. The Balaban J connectivity index is 2.28. The van der Waals surface area contributed by atoms with E-state index in [4.69, 9.17) is 0 Å². The summed E-state index contributed by atoms with van der Waals surface area (Å²) in [6.45, 7) is 9.41. The van der Waals surface area contributed by atoms with Gasteiger partial charge in [0.1, 0.15) is 0 Å². The predicted molar refractivity (Wildman–Crippen MR) is 59.8 cm³/mol. The Kier molecular flexibility index (Phi) is 3.82. The monoisotopic (exact) mass is 182 g/mol. The van der Waals surface area contributed by atoms with Gasteiger partial charge >= 0.3 is 0 Å². The normalized spacial score (nSPS) is 33.5. The van der Waals surface area contributed by atoms with Gasteiger partial charge in [0.25, 0.3) is 0 Å². The van der Waals surface area contributed by atoms with E-state index >= 15 is 0 Å². The third kappa shape index (κ3) is 2.72. The lowest BCUT2D eigenvalue weighted by atomic mass is 9.57. The van der Waals surface area contributed by atoms with Crippen molar-refractivity contribution in [3.63, 3.8) is 0 Å². The summed E-state index contributed by atoms with van der Waals surface area (Å²) in [5.74, 6) is 1.95. The first-order valence-electron chi connectivity index (χ1n) is 6.12.